The number of benzene rings is 1. The summed E-state index contributed by atoms with van der Waals surface area (Å²) in [6.45, 7) is 4.26. The van der Waals surface area contributed by atoms with Gasteiger partial charge >= 0.3 is 0 Å². The van der Waals surface area contributed by atoms with Gasteiger partial charge in [0.2, 0.25) is 0 Å². The SMILES string of the molecule is CNC(c1ccc(Br)c(C)c1)c1cc(Br)c(C)s1. The van der Waals surface area contributed by atoms with Gasteiger partial charge in [-0.2, -0.15) is 0 Å². The smallest absolute Gasteiger partial charge is 0.0669 e. The van der Waals surface area contributed by atoms with E-state index in [1.54, 1.807) is 0 Å². The van der Waals surface area contributed by atoms with Crippen LogP contribution in [0.5, 0.6) is 0 Å². The van der Waals surface area contributed by atoms with Crippen LogP contribution < -0.4 is 5.32 Å². The molecular weight excluding hydrogens is 374 g/mol. The third kappa shape index (κ3) is 2.87. The van der Waals surface area contributed by atoms with Gasteiger partial charge in [-0.05, 0) is 60.1 Å². The van der Waals surface area contributed by atoms with Crippen LogP contribution >= 0.6 is 43.2 Å². The Hall–Kier alpha value is -0.160. The minimum atomic E-state index is 0.256. The first-order valence-electron chi connectivity index (χ1n) is 5.72. The van der Waals surface area contributed by atoms with Crippen LogP contribution in [0.4, 0.5) is 0 Å². The van der Waals surface area contributed by atoms with Gasteiger partial charge in [-0.15, -0.1) is 11.3 Å². The van der Waals surface area contributed by atoms with Crippen LogP contribution in [0.3, 0.4) is 0 Å². The molecule has 1 unspecified atom stereocenters. The molecule has 1 heterocycles. The molecule has 0 spiro atoms. The lowest BCUT2D eigenvalue weighted by Crippen LogP contribution is -2.16. The molecule has 2 aromatic rings. The van der Waals surface area contributed by atoms with E-state index in [4.69, 9.17) is 0 Å². The molecule has 0 aliphatic rings. The number of rotatable bonds is 3. The van der Waals surface area contributed by atoms with E-state index in [2.05, 4.69) is 75.3 Å². The highest BCUT2D eigenvalue weighted by Gasteiger charge is 2.16. The Morgan fingerprint density at radius 2 is 1.83 bits per heavy atom. The van der Waals surface area contributed by atoms with Gasteiger partial charge < -0.3 is 5.32 Å². The highest BCUT2D eigenvalue weighted by Crippen LogP contribution is 2.34. The molecule has 0 saturated carbocycles. The molecule has 0 aliphatic carbocycles. The summed E-state index contributed by atoms with van der Waals surface area (Å²) in [5.41, 5.74) is 2.56. The van der Waals surface area contributed by atoms with Crippen LogP contribution in [0.1, 0.15) is 26.9 Å². The van der Waals surface area contributed by atoms with E-state index < -0.39 is 0 Å². The first-order valence-corrected chi connectivity index (χ1v) is 8.12. The van der Waals surface area contributed by atoms with Crippen LogP contribution in [-0.2, 0) is 0 Å². The molecule has 0 fully saturated rings. The van der Waals surface area contributed by atoms with Gasteiger partial charge in [0.15, 0.2) is 0 Å². The molecule has 1 N–H and O–H groups in total. The van der Waals surface area contributed by atoms with Crippen LogP contribution in [-0.4, -0.2) is 7.05 Å². The maximum Gasteiger partial charge on any atom is 0.0669 e. The molecule has 18 heavy (non-hydrogen) atoms. The van der Waals surface area contributed by atoms with E-state index in [1.807, 2.05) is 18.4 Å². The maximum absolute atomic E-state index is 3.59. The monoisotopic (exact) mass is 387 g/mol. The van der Waals surface area contributed by atoms with Gasteiger partial charge in [-0.1, -0.05) is 28.1 Å². The molecule has 0 bridgehead atoms. The zero-order valence-electron chi connectivity index (χ0n) is 10.6. The summed E-state index contributed by atoms with van der Waals surface area (Å²) in [6, 6.07) is 8.98. The van der Waals surface area contributed by atoms with Gasteiger partial charge in [-0.3, -0.25) is 0 Å². The molecule has 96 valence electrons. The highest BCUT2D eigenvalue weighted by molar-refractivity contribution is 9.10. The lowest BCUT2D eigenvalue weighted by atomic mass is 10.0. The van der Waals surface area contributed by atoms with Gasteiger partial charge in [0.1, 0.15) is 0 Å². The van der Waals surface area contributed by atoms with E-state index in [1.165, 1.54) is 25.4 Å². The third-order valence-corrected chi connectivity index (χ3v) is 6.06. The zero-order chi connectivity index (χ0) is 13.3. The molecule has 0 aliphatic heterocycles. The second-order valence-electron chi connectivity index (χ2n) is 4.28. The van der Waals surface area contributed by atoms with Crippen molar-refractivity contribution >= 4 is 43.2 Å². The van der Waals surface area contributed by atoms with Crippen molar-refractivity contribution < 1.29 is 0 Å². The molecule has 1 aromatic heterocycles. The molecule has 1 atom stereocenters. The lowest BCUT2D eigenvalue weighted by molar-refractivity contribution is 0.703. The summed E-state index contributed by atoms with van der Waals surface area (Å²) in [7, 11) is 2.00. The Bertz CT molecular complexity index is 543. The number of hydrogen-bond acceptors (Lipinski definition) is 2. The van der Waals surface area contributed by atoms with Crippen molar-refractivity contribution in [3.8, 4) is 0 Å². The lowest BCUT2D eigenvalue weighted by Gasteiger charge is -2.16. The van der Waals surface area contributed by atoms with E-state index in [0.29, 0.717) is 0 Å². The van der Waals surface area contributed by atoms with Crippen LogP contribution in [0.15, 0.2) is 33.2 Å². The Labute approximate surface area is 129 Å². The van der Waals surface area contributed by atoms with Gasteiger partial charge in [-0.25, -0.2) is 0 Å². The van der Waals surface area contributed by atoms with E-state index in [-0.39, 0.29) is 6.04 Å². The number of halogens is 2. The standard InChI is InChI=1S/C14H15Br2NS/c1-8-6-10(4-5-11(8)15)14(17-3)13-7-12(16)9(2)18-13/h4-7,14,17H,1-3H3. The second kappa shape index (κ2) is 5.87. The molecule has 1 nitrogen and oxygen atoms in total. The van der Waals surface area contributed by atoms with Gasteiger partial charge in [0.25, 0.3) is 0 Å². The summed E-state index contributed by atoms with van der Waals surface area (Å²) in [4.78, 5) is 2.66. The predicted octanol–water partition coefficient (Wildman–Crippen LogP) is 5.20. The third-order valence-electron chi connectivity index (χ3n) is 2.96. The average Bonchev–Trinajstić information content (AvgIpc) is 2.65. The highest BCUT2D eigenvalue weighted by atomic mass is 79.9. The zero-order valence-corrected chi connectivity index (χ0v) is 14.5. The summed E-state index contributed by atoms with van der Waals surface area (Å²) in [5.74, 6) is 0. The fourth-order valence-electron chi connectivity index (χ4n) is 1.94. The molecule has 0 amide bonds. The molecule has 0 radical (unpaired) electrons. The number of aryl methyl sites for hydroxylation is 2. The number of nitrogens with one attached hydrogen (secondary N) is 1. The first-order chi connectivity index (χ1) is 8.52. The van der Waals surface area contributed by atoms with Crippen molar-refractivity contribution in [1.82, 2.24) is 5.32 Å². The molecular formula is C14H15Br2NS. The number of thiophene rings is 1. The van der Waals surface area contributed by atoms with Crippen molar-refractivity contribution in [2.45, 2.75) is 19.9 Å². The largest absolute Gasteiger partial charge is 0.309 e. The molecule has 0 saturated heterocycles. The van der Waals surface area contributed by atoms with Gasteiger partial charge in [0.05, 0.1) is 6.04 Å². The van der Waals surface area contributed by atoms with Crippen LogP contribution in [0.2, 0.25) is 0 Å². The minimum Gasteiger partial charge on any atom is -0.309 e. The average molecular weight is 389 g/mol. The molecule has 1 aromatic carbocycles. The summed E-state index contributed by atoms with van der Waals surface area (Å²) >= 11 is 8.97. The Morgan fingerprint density at radius 1 is 1.11 bits per heavy atom. The quantitative estimate of drug-likeness (QED) is 0.761. The Kier molecular flexibility index (Phi) is 4.64. The van der Waals surface area contributed by atoms with E-state index in [0.717, 1.165) is 4.47 Å². The fraction of sp³-hybridized carbons (Fsp3) is 0.286. The van der Waals surface area contributed by atoms with Crippen molar-refractivity contribution in [1.29, 1.82) is 0 Å². The predicted molar refractivity (Wildman–Crippen MR) is 86.5 cm³/mol. The summed E-state index contributed by atoms with van der Waals surface area (Å²) in [6.07, 6.45) is 0. The minimum absolute atomic E-state index is 0.256. The number of hydrogen-bond donors (Lipinski definition) is 1. The van der Waals surface area contributed by atoms with Gasteiger partial charge in [0, 0.05) is 18.7 Å². The maximum atomic E-state index is 3.59. The summed E-state index contributed by atoms with van der Waals surface area (Å²) < 4.78 is 2.35. The first kappa shape index (κ1) is 14.3. The van der Waals surface area contributed by atoms with E-state index in [9.17, 15) is 0 Å². The summed E-state index contributed by atoms with van der Waals surface area (Å²) in [5, 5.41) is 3.40. The van der Waals surface area contributed by atoms with Crippen molar-refractivity contribution in [3.63, 3.8) is 0 Å². The Morgan fingerprint density at radius 3 is 2.33 bits per heavy atom. The van der Waals surface area contributed by atoms with Crippen molar-refractivity contribution in [2.75, 3.05) is 7.05 Å². The molecule has 4 heteroatoms. The normalized spacial score (nSPS) is 12.7. The van der Waals surface area contributed by atoms with Crippen molar-refractivity contribution in [3.05, 3.63) is 54.1 Å². The topological polar surface area (TPSA) is 12.0 Å². The second-order valence-corrected chi connectivity index (χ2v) is 7.28. The van der Waals surface area contributed by atoms with E-state index >= 15 is 0 Å². The Balaban J connectivity index is 2.41. The van der Waals surface area contributed by atoms with Crippen molar-refractivity contribution in [2.24, 2.45) is 0 Å². The van der Waals surface area contributed by atoms with Crippen LogP contribution in [0, 0.1) is 13.8 Å². The molecule has 2 rings (SSSR count). The van der Waals surface area contributed by atoms with Crippen LogP contribution in [0.25, 0.3) is 0 Å². The fourth-order valence-corrected chi connectivity index (χ4v) is 3.89.